The van der Waals surface area contributed by atoms with Gasteiger partial charge in [-0.15, -0.1) is 11.8 Å². The van der Waals surface area contributed by atoms with Crippen molar-refractivity contribution in [2.24, 2.45) is 0 Å². The Labute approximate surface area is 117 Å². The van der Waals surface area contributed by atoms with Crippen molar-refractivity contribution in [2.75, 3.05) is 5.75 Å². The third-order valence-corrected chi connectivity index (χ3v) is 3.72. The third-order valence-electron chi connectivity index (χ3n) is 2.71. The lowest BCUT2D eigenvalue weighted by atomic mass is 10.2. The lowest BCUT2D eigenvalue weighted by molar-refractivity contribution is -0.119. The summed E-state index contributed by atoms with van der Waals surface area (Å²) >= 11 is 1.54. The van der Waals surface area contributed by atoms with Crippen LogP contribution in [0.5, 0.6) is 0 Å². The molecule has 0 aliphatic heterocycles. The first-order valence-electron chi connectivity index (χ1n) is 6.26. The Morgan fingerprint density at radius 1 is 1.42 bits per heavy atom. The van der Waals surface area contributed by atoms with Gasteiger partial charge in [-0.2, -0.15) is 0 Å². The summed E-state index contributed by atoms with van der Waals surface area (Å²) in [6.45, 7) is 2.03. The number of nitrogens with zero attached hydrogens (tertiary/aromatic N) is 1. The Kier molecular flexibility index (Phi) is 5.03. The summed E-state index contributed by atoms with van der Waals surface area (Å²) in [5, 5.41) is 2.99. The van der Waals surface area contributed by atoms with Crippen molar-refractivity contribution < 1.29 is 4.79 Å². The molecule has 0 radical (unpaired) electrons. The first-order valence-corrected chi connectivity index (χ1v) is 7.24. The molecule has 1 unspecified atom stereocenters. The summed E-state index contributed by atoms with van der Waals surface area (Å²) in [5.41, 5.74) is 0. The summed E-state index contributed by atoms with van der Waals surface area (Å²) < 4.78 is 0. The lowest BCUT2D eigenvalue weighted by Crippen LogP contribution is -2.30. The van der Waals surface area contributed by atoms with E-state index in [0.29, 0.717) is 5.75 Å². The van der Waals surface area contributed by atoms with Crippen LogP contribution in [0, 0.1) is 0 Å². The Morgan fingerprint density at radius 3 is 2.84 bits per heavy atom. The maximum atomic E-state index is 11.9. The topological polar surface area (TPSA) is 57.8 Å². The van der Waals surface area contributed by atoms with E-state index in [-0.39, 0.29) is 11.9 Å². The van der Waals surface area contributed by atoms with Crippen LogP contribution in [-0.4, -0.2) is 21.6 Å². The van der Waals surface area contributed by atoms with Gasteiger partial charge in [-0.25, -0.2) is 4.98 Å². The van der Waals surface area contributed by atoms with Crippen LogP contribution in [0.4, 0.5) is 0 Å². The Hall–Kier alpha value is -1.75. The zero-order valence-electron chi connectivity index (χ0n) is 10.8. The van der Waals surface area contributed by atoms with Crippen LogP contribution in [0.1, 0.15) is 25.2 Å². The lowest BCUT2D eigenvalue weighted by Gasteiger charge is -2.14. The summed E-state index contributed by atoms with van der Waals surface area (Å²) in [4.78, 5) is 20.2. The van der Waals surface area contributed by atoms with Crippen molar-refractivity contribution in [3.63, 3.8) is 0 Å². The van der Waals surface area contributed by atoms with E-state index >= 15 is 0 Å². The molecule has 19 heavy (non-hydrogen) atoms. The second kappa shape index (κ2) is 6.99. The highest BCUT2D eigenvalue weighted by atomic mass is 32.2. The maximum absolute atomic E-state index is 11.9. The minimum Gasteiger partial charge on any atom is -0.347 e. The second-order valence-corrected chi connectivity index (χ2v) is 5.15. The van der Waals surface area contributed by atoms with E-state index < -0.39 is 0 Å². The van der Waals surface area contributed by atoms with Gasteiger partial charge < -0.3 is 10.3 Å². The van der Waals surface area contributed by atoms with Gasteiger partial charge in [0.25, 0.3) is 0 Å². The third kappa shape index (κ3) is 4.13. The molecule has 0 saturated heterocycles. The average Bonchev–Trinajstić information content (AvgIpc) is 2.97. The molecular formula is C14H17N3OS. The highest BCUT2D eigenvalue weighted by Crippen LogP contribution is 2.17. The molecule has 1 aromatic carbocycles. The SMILES string of the molecule is CCC(NC(=O)CSc1ccccc1)c1ncc[nH]1. The van der Waals surface area contributed by atoms with Gasteiger partial charge in [0.15, 0.2) is 0 Å². The fourth-order valence-corrected chi connectivity index (χ4v) is 2.46. The monoisotopic (exact) mass is 275 g/mol. The number of amides is 1. The van der Waals surface area contributed by atoms with Gasteiger partial charge >= 0.3 is 0 Å². The summed E-state index contributed by atoms with van der Waals surface area (Å²) in [5.74, 6) is 1.25. The molecule has 0 saturated carbocycles. The van der Waals surface area contributed by atoms with E-state index in [1.54, 1.807) is 12.4 Å². The van der Waals surface area contributed by atoms with Gasteiger partial charge in [0, 0.05) is 17.3 Å². The van der Waals surface area contributed by atoms with Crippen molar-refractivity contribution in [2.45, 2.75) is 24.3 Å². The maximum Gasteiger partial charge on any atom is 0.230 e. The van der Waals surface area contributed by atoms with E-state index in [1.165, 1.54) is 11.8 Å². The van der Waals surface area contributed by atoms with Gasteiger partial charge in [0.2, 0.25) is 5.91 Å². The predicted molar refractivity (Wildman–Crippen MR) is 76.9 cm³/mol. The smallest absolute Gasteiger partial charge is 0.230 e. The van der Waals surface area contributed by atoms with Gasteiger partial charge in [0.05, 0.1) is 11.8 Å². The molecule has 1 heterocycles. The number of thioether (sulfide) groups is 1. The zero-order valence-corrected chi connectivity index (χ0v) is 11.6. The number of H-pyrrole nitrogens is 1. The Bertz CT molecular complexity index is 499. The van der Waals surface area contributed by atoms with Gasteiger partial charge in [0.1, 0.15) is 5.82 Å². The number of nitrogens with one attached hydrogen (secondary N) is 2. The van der Waals surface area contributed by atoms with E-state index in [4.69, 9.17) is 0 Å². The van der Waals surface area contributed by atoms with Crippen molar-refractivity contribution in [3.8, 4) is 0 Å². The van der Waals surface area contributed by atoms with Crippen LogP contribution in [0.25, 0.3) is 0 Å². The minimum atomic E-state index is -0.0427. The van der Waals surface area contributed by atoms with Crippen LogP contribution in [-0.2, 0) is 4.79 Å². The predicted octanol–water partition coefficient (Wildman–Crippen LogP) is 2.77. The fourth-order valence-electron chi connectivity index (χ4n) is 1.73. The number of rotatable bonds is 6. The number of carbonyl (C=O) groups is 1. The van der Waals surface area contributed by atoms with Crippen LogP contribution < -0.4 is 5.32 Å². The fraction of sp³-hybridized carbons (Fsp3) is 0.286. The molecule has 0 bridgehead atoms. The molecule has 2 rings (SSSR count). The standard InChI is InChI=1S/C14H17N3OS/c1-2-12(14-15-8-9-16-14)17-13(18)10-19-11-6-4-3-5-7-11/h3-9,12H,2,10H2,1H3,(H,15,16)(H,17,18). The first kappa shape index (κ1) is 13.7. The Morgan fingerprint density at radius 2 is 2.21 bits per heavy atom. The highest BCUT2D eigenvalue weighted by molar-refractivity contribution is 8.00. The molecule has 5 heteroatoms. The molecule has 1 aromatic heterocycles. The minimum absolute atomic E-state index is 0.0251. The largest absolute Gasteiger partial charge is 0.347 e. The molecule has 2 N–H and O–H groups in total. The first-order chi connectivity index (χ1) is 9.29. The Balaban J connectivity index is 1.84. The molecule has 1 amide bonds. The van der Waals surface area contributed by atoms with Crippen LogP contribution in [0.2, 0.25) is 0 Å². The highest BCUT2D eigenvalue weighted by Gasteiger charge is 2.14. The van der Waals surface area contributed by atoms with Gasteiger partial charge in [-0.1, -0.05) is 25.1 Å². The van der Waals surface area contributed by atoms with E-state index in [1.807, 2.05) is 37.3 Å². The number of aromatic amines is 1. The molecule has 0 spiro atoms. The number of imidazole rings is 1. The average molecular weight is 275 g/mol. The summed E-state index contributed by atoms with van der Waals surface area (Å²) in [6.07, 6.45) is 4.28. The molecule has 2 aromatic rings. The molecule has 100 valence electrons. The zero-order chi connectivity index (χ0) is 13.5. The van der Waals surface area contributed by atoms with Crippen LogP contribution in [0.3, 0.4) is 0 Å². The molecule has 0 aliphatic carbocycles. The summed E-state index contributed by atoms with van der Waals surface area (Å²) in [7, 11) is 0. The number of aromatic nitrogens is 2. The van der Waals surface area contributed by atoms with E-state index in [0.717, 1.165) is 17.1 Å². The van der Waals surface area contributed by atoms with Crippen molar-refractivity contribution >= 4 is 17.7 Å². The van der Waals surface area contributed by atoms with E-state index in [2.05, 4.69) is 15.3 Å². The number of carbonyl (C=O) groups excluding carboxylic acids is 1. The van der Waals surface area contributed by atoms with Crippen LogP contribution in [0.15, 0.2) is 47.6 Å². The number of hydrogen-bond donors (Lipinski definition) is 2. The van der Waals surface area contributed by atoms with Gasteiger partial charge in [-0.3, -0.25) is 4.79 Å². The molecule has 4 nitrogen and oxygen atoms in total. The molecule has 0 fully saturated rings. The quantitative estimate of drug-likeness (QED) is 0.797. The molecular weight excluding hydrogens is 258 g/mol. The number of hydrogen-bond acceptors (Lipinski definition) is 3. The van der Waals surface area contributed by atoms with Crippen LogP contribution >= 0.6 is 11.8 Å². The second-order valence-electron chi connectivity index (χ2n) is 4.10. The van der Waals surface area contributed by atoms with Gasteiger partial charge in [-0.05, 0) is 18.6 Å². The normalized spacial score (nSPS) is 12.1. The molecule has 0 aliphatic rings. The van der Waals surface area contributed by atoms with E-state index in [9.17, 15) is 4.79 Å². The van der Waals surface area contributed by atoms with Crippen molar-refractivity contribution in [1.82, 2.24) is 15.3 Å². The number of benzene rings is 1. The van der Waals surface area contributed by atoms with Crippen molar-refractivity contribution in [1.29, 1.82) is 0 Å². The van der Waals surface area contributed by atoms with Crippen molar-refractivity contribution in [3.05, 3.63) is 48.5 Å². The summed E-state index contributed by atoms with van der Waals surface area (Å²) in [6, 6.07) is 9.87. The molecule has 1 atom stereocenters.